The first-order valence-corrected chi connectivity index (χ1v) is 8.41. The fraction of sp³-hybridized carbons (Fsp3) is 0.222. The van der Waals surface area contributed by atoms with E-state index in [9.17, 15) is 22.4 Å². The number of carbonyl (C=O) groups excluding carboxylic acids is 1. The van der Waals surface area contributed by atoms with Crippen molar-refractivity contribution in [2.24, 2.45) is 0 Å². The van der Waals surface area contributed by atoms with Crippen LogP contribution in [-0.4, -0.2) is 37.7 Å². The fourth-order valence-corrected chi connectivity index (χ4v) is 2.85. The van der Waals surface area contributed by atoms with Crippen LogP contribution in [0.3, 0.4) is 0 Å². The highest BCUT2D eigenvalue weighted by atomic mass is 19.4. The van der Waals surface area contributed by atoms with Gasteiger partial charge in [-0.15, -0.1) is 0 Å². The first-order chi connectivity index (χ1) is 13.6. The van der Waals surface area contributed by atoms with Gasteiger partial charge in [0.25, 0.3) is 5.91 Å². The Bertz CT molecular complexity index is 1240. The average molecular weight is 407 g/mol. The van der Waals surface area contributed by atoms with Gasteiger partial charge in [-0.25, -0.2) is 18.9 Å². The Morgan fingerprint density at radius 1 is 1.28 bits per heavy atom. The molecule has 1 unspecified atom stereocenters. The molecule has 0 bridgehead atoms. The molecule has 4 aromatic rings. The normalized spacial score (nSPS) is 13.2. The van der Waals surface area contributed by atoms with Crippen LogP contribution in [0.5, 0.6) is 0 Å². The van der Waals surface area contributed by atoms with Crippen LogP contribution in [0.4, 0.5) is 17.6 Å². The largest absolute Gasteiger partial charge is 0.440 e. The van der Waals surface area contributed by atoms with Crippen LogP contribution < -0.4 is 5.32 Å². The number of carbonyl (C=O) groups is 1. The monoisotopic (exact) mass is 407 g/mol. The molecular formula is C18H13F4N5O2. The predicted molar refractivity (Wildman–Crippen MR) is 93.7 cm³/mol. The summed E-state index contributed by atoms with van der Waals surface area (Å²) in [4.78, 5) is 20.6. The molecule has 0 spiro atoms. The SMILES string of the molecule is Cc1cc(-c2cc(F)c3ocnc3c2)nc2c(C(=O)NC(C)C(F)(F)F)cnn12. The summed E-state index contributed by atoms with van der Waals surface area (Å²) in [6.45, 7) is 2.51. The second-order valence-corrected chi connectivity index (χ2v) is 6.47. The first-order valence-electron chi connectivity index (χ1n) is 8.41. The van der Waals surface area contributed by atoms with Crippen molar-refractivity contribution in [3.8, 4) is 11.3 Å². The molecule has 1 aromatic carbocycles. The van der Waals surface area contributed by atoms with E-state index >= 15 is 0 Å². The van der Waals surface area contributed by atoms with Crippen LogP contribution in [-0.2, 0) is 0 Å². The van der Waals surface area contributed by atoms with E-state index in [1.165, 1.54) is 10.6 Å². The summed E-state index contributed by atoms with van der Waals surface area (Å²) in [6.07, 6.45) is -2.34. The Hall–Kier alpha value is -3.50. The zero-order chi connectivity index (χ0) is 20.9. The number of alkyl halides is 3. The number of benzene rings is 1. The van der Waals surface area contributed by atoms with Crippen LogP contribution in [0, 0.1) is 12.7 Å². The summed E-state index contributed by atoms with van der Waals surface area (Å²) in [5.74, 6) is -1.60. The second kappa shape index (κ2) is 6.54. The van der Waals surface area contributed by atoms with Gasteiger partial charge in [0.15, 0.2) is 23.4 Å². The molecule has 1 N–H and O–H groups in total. The highest BCUT2D eigenvalue weighted by Crippen LogP contribution is 2.27. The molecule has 0 aliphatic rings. The van der Waals surface area contributed by atoms with Crippen molar-refractivity contribution >= 4 is 22.7 Å². The number of oxazole rings is 1. The van der Waals surface area contributed by atoms with Crippen LogP contribution in [0.1, 0.15) is 23.0 Å². The molecule has 3 aromatic heterocycles. The van der Waals surface area contributed by atoms with Gasteiger partial charge in [-0.2, -0.15) is 18.3 Å². The quantitative estimate of drug-likeness (QED) is 0.524. The lowest BCUT2D eigenvalue weighted by molar-refractivity contribution is -0.149. The molecule has 4 rings (SSSR count). The summed E-state index contributed by atoms with van der Waals surface area (Å²) < 4.78 is 58.8. The zero-order valence-electron chi connectivity index (χ0n) is 15.1. The first kappa shape index (κ1) is 18.8. The van der Waals surface area contributed by atoms with E-state index in [0.717, 1.165) is 19.5 Å². The number of halogens is 4. The number of aromatic nitrogens is 4. The van der Waals surface area contributed by atoms with Crippen LogP contribution in [0.2, 0.25) is 0 Å². The standard InChI is InChI=1S/C18H13F4N5O2/c1-8-3-13(10-4-12(19)15-14(5-10)23-7-29-15)26-16-11(6-24-27(8)16)17(28)25-9(2)18(20,21)22/h3-7,9H,1-2H3,(H,25,28). The molecule has 0 aliphatic heterocycles. The smallest absolute Gasteiger partial charge is 0.408 e. The number of aryl methyl sites for hydroxylation is 1. The van der Waals surface area contributed by atoms with E-state index in [0.29, 0.717) is 17.0 Å². The van der Waals surface area contributed by atoms with Crippen molar-refractivity contribution in [3.63, 3.8) is 0 Å². The Morgan fingerprint density at radius 3 is 2.76 bits per heavy atom. The Morgan fingerprint density at radius 2 is 2.03 bits per heavy atom. The van der Waals surface area contributed by atoms with Crippen molar-refractivity contribution in [1.82, 2.24) is 24.9 Å². The highest BCUT2D eigenvalue weighted by Gasteiger charge is 2.37. The molecule has 29 heavy (non-hydrogen) atoms. The maximum atomic E-state index is 14.2. The van der Waals surface area contributed by atoms with Crippen molar-refractivity contribution < 1.29 is 26.8 Å². The van der Waals surface area contributed by atoms with Gasteiger partial charge >= 0.3 is 6.18 Å². The van der Waals surface area contributed by atoms with Crippen molar-refractivity contribution in [1.29, 1.82) is 0 Å². The van der Waals surface area contributed by atoms with E-state index in [4.69, 9.17) is 4.42 Å². The van der Waals surface area contributed by atoms with Gasteiger partial charge in [0.05, 0.1) is 11.9 Å². The van der Waals surface area contributed by atoms with Crippen LogP contribution in [0.15, 0.2) is 35.2 Å². The molecule has 1 atom stereocenters. The van der Waals surface area contributed by atoms with Crippen LogP contribution in [0.25, 0.3) is 28.0 Å². The molecule has 0 radical (unpaired) electrons. The third-order valence-electron chi connectivity index (χ3n) is 4.42. The molecule has 0 aliphatic carbocycles. The molecule has 11 heteroatoms. The molecule has 7 nitrogen and oxygen atoms in total. The Kier molecular flexibility index (Phi) is 4.25. The number of nitrogens with one attached hydrogen (secondary N) is 1. The average Bonchev–Trinajstić information content (AvgIpc) is 3.27. The van der Waals surface area contributed by atoms with Gasteiger partial charge in [0.2, 0.25) is 0 Å². The number of fused-ring (bicyclic) bond motifs is 2. The molecule has 3 heterocycles. The minimum absolute atomic E-state index is 0.00268. The minimum atomic E-state index is -4.59. The topological polar surface area (TPSA) is 85.3 Å². The van der Waals surface area contributed by atoms with Crippen LogP contribution >= 0.6 is 0 Å². The maximum absolute atomic E-state index is 14.2. The van der Waals surface area contributed by atoms with E-state index in [1.54, 1.807) is 19.1 Å². The predicted octanol–water partition coefficient (Wildman–Crippen LogP) is 3.67. The summed E-state index contributed by atoms with van der Waals surface area (Å²) >= 11 is 0. The highest BCUT2D eigenvalue weighted by molar-refractivity contribution is 6.00. The van der Waals surface area contributed by atoms with Gasteiger partial charge in [0.1, 0.15) is 17.1 Å². The third kappa shape index (κ3) is 3.28. The third-order valence-corrected chi connectivity index (χ3v) is 4.42. The molecule has 1 amide bonds. The van der Waals surface area contributed by atoms with Gasteiger partial charge in [-0.1, -0.05) is 0 Å². The molecule has 0 fully saturated rings. The summed E-state index contributed by atoms with van der Waals surface area (Å²) in [7, 11) is 0. The number of nitrogens with zero attached hydrogens (tertiary/aromatic N) is 4. The molecule has 0 saturated carbocycles. The molecule has 150 valence electrons. The van der Waals surface area contributed by atoms with Gasteiger partial charge < -0.3 is 9.73 Å². The Balaban J connectivity index is 1.79. The number of hydrogen-bond donors (Lipinski definition) is 1. The van der Waals surface area contributed by atoms with Crippen molar-refractivity contribution in [2.45, 2.75) is 26.1 Å². The lowest BCUT2D eigenvalue weighted by atomic mass is 10.1. The number of hydrogen-bond acceptors (Lipinski definition) is 5. The summed E-state index contributed by atoms with van der Waals surface area (Å²) in [5.41, 5.74) is 1.42. The van der Waals surface area contributed by atoms with Crippen molar-refractivity contribution in [3.05, 3.63) is 47.9 Å². The Labute approximate surface area is 160 Å². The van der Waals surface area contributed by atoms with Gasteiger partial charge in [-0.3, -0.25) is 4.79 Å². The van der Waals surface area contributed by atoms with Gasteiger partial charge in [0, 0.05) is 11.3 Å². The maximum Gasteiger partial charge on any atom is 0.408 e. The van der Waals surface area contributed by atoms with E-state index in [1.807, 2.05) is 5.32 Å². The zero-order valence-corrected chi connectivity index (χ0v) is 15.1. The number of amides is 1. The lowest BCUT2D eigenvalue weighted by Gasteiger charge is -2.16. The van der Waals surface area contributed by atoms with E-state index < -0.39 is 23.9 Å². The number of rotatable bonds is 3. The fourth-order valence-electron chi connectivity index (χ4n) is 2.85. The van der Waals surface area contributed by atoms with E-state index in [-0.39, 0.29) is 22.3 Å². The van der Waals surface area contributed by atoms with Crippen molar-refractivity contribution in [2.75, 3.05) is 0 Å². The summed E-state index contributed by atoms with van der Waals surface area (Å²) in [5, 5.41) is 5.90. The molecular weight excluding hydrogens is 394 g/mol. The molecule has 0 saturated heterocycles. The second-order valence-electron chi connectivity index (χ2n) is 6.47. The van der Waals surface area contributed by atoms with Gasteiger partial charge in [-0.05, 0) is 32.0 Å². The summed E-state index contributed by atoms with van der Waals surface area (Å²) in [6, 6.07) is 2.33. The minimum Gasteiger partial charge on any atom is -0.440 e. The lowest BCUT2D eigenvalue weighted by Crippen LogP contribution is -2.43. The van der Waals surface area contributed by atoms with E-state index in [2.05, 4.69) is 15.1 Å².